The maximum absolute atomic E-state index is 12.1. The molecular weight excluding hydrogens is 610 g/mol. The molecule has 0 spiro atoms. The van der Waals surface area contributed by atoms with Crippen LogP contribution in [0.4, 0.5) is 22.7 Å². The lowest BCUT2D eigenvalue weighted by molar-refractivity contribution is 0.457. The minimum absolute atomic E-state index is 0.0101. The monoisotopic (exact) mass is 626 g/mol. The van der Waals surface area contributed by atoms with E-state index in [9.17, 15) is 44.0 Å². The number of phenolic OH excluding ortho intramolecular Hbond substituents is 1. The van der Waals surface area contributed by atoms with E-state index >= 15 is 0 Å². The number of hydrogen-bond donors (Lipinski definition) is 2. The highest BCUT2D eigenvalue weighted by Gasteiger charge is 2.17. The van der Waals surface area contributed by atoms with E-state index in [1.54, 1.807) is 30.3 Å². The summed E-state index contributed by atoms with van der Waals surface area (Å²) in [7, 11) is -15.2. The number of nitrogens with one attached hydrogen (secondary N) is 1. The van der Waals surface area contributed by atoms with Gasteiger partial charge in [0.25, 0.3) is 0 Å². The van der Waals surface area contributed by atoms with Crippen molar-refractivity contribution >= 4 is 74.6 Å². The molecule has 13 nitrogen and oxygen atoms in total. The van der Waals surface area contributed by atoms with Gasteiger partial charge in [0.15, 0.2) is 0 Å². The standard InChI is InChI=1S/C26H19N3O10S3/c30-23-14-18(41(34,35)36)12-15-11-17(40(31,32)33)13-22(25(15)23)29-28-20-9-10-21(27-16-5-2-1-3-6-16)26-19(20)7-4-8-24(26)42(37,38)39/h1-14,27,30H,(H,31,32,33)(H,34,35,36)(H,37,38,39)/p-3. The number of anilines is 2. The van der Waals surface area contributed by atoms with Crippen LogP contribution >= 0.6 is 0 Å². The molecule has 0 unspecified atom stereocenters. The molecule has 5 aromatic rings. The number of nitrogens with zero attached hydrogens (tertiary/aromatic N) is 2. The summed E-state index contributed by atoms with van der Waals surface area (Å²) in [4.78, 5) is -2.28. The molecule has 16 heteroatoms. The predicted octanol–water partition coefficient (Wildman–Crippen LogP) is 4.57. The summed E-state index contributed by atoms with van der Waals surface area (Å²) in [6.07, 6.45) is 0. The third-order valence-corrected chi connectivity index (χ3v) is 8.60. The van der Waals surface area contributed by atoms with E-state index in [0.717, 1.165) is 24.3 Å². The number of phenols is 1. The lowest BCUT2D eigenvalue weighted by Gasteiger charge is -2.17. The van der Waals surface area contributed by atoms with E-state index in [1.807, 2.05) is 0 Å². The zero-order chi connectivity index (χ0) is 30.4. The van der Waals surface area contributed by atoms with Crippen LogP contribution < -0.4 is 5.32 Å². The smallest absolute Gasteiger partial charge is 0.126 e. The topological polar surface area (TPSA) is 229 Å². The molecule has 0 amide bonds. The van der Waals surface area contributed by atoms with Gasteiger partial charge in [-0.05, 0) is 60.0 Å². The highest BCUT2D eigenvalue weighted by Crippen LogP contribution is 2.41. The van der Waals surface area contributed by atoms with E-state index in [0.29, 0.717) is 11.8 Å². The maximum atomic E-state index is 12.1. The molecule has 0 saturated carbocycles. The molecular formula is C26H16N3O10S3-3. The molecule has 0 saturated heterocycles. The molecule has 216 valence electrons. The van der Waals surface area contributed by atoms with E-state index in [1.165, 1.54) is 24.3 Å². The van der Waals surface area contributed by atoms with Crippen molar-refractivity contribution in [2.24, 2.45) is 10.2 Å². The van der Waals surface area contributed by atoms with E-state index in [-0.39, 0.29) is 38.6 Å². The maximum Gasteiger partial charge on any atom is 0.126 e. The first kappa shape index (κ1) is 29.1. The second-order valence-corrected chi connectivity index (χ2v) is 13.0. The molecule has 5 rings (SSSR count). The third-order valence-electron chi connectivity index (χ3n) is 6.10. The Balaban J connectivity index is 1.74. The van der Waals surface area contributed by atoms with Gasteiger partial charge in [0.1, 0.15) is 36.1 Å². The summed E-state index contributed by atoms with van der Waals surface area (Å²) in [6, 6.07) is 18.4. The summed E-state index contributed by atoms with van der Waals surface area (Å²) in [5.74, 6) is -0.766. The van der Waals surface area contributed by atoms with Crippen LogP contribution in [-0.2, 0) is 30.4 Å². The van der Waals surface area contributed by atoms with Crippen LogP contribution in [0.15, 0.2) is 110 Å². The fraction of sp³-hybridized carbons (Fsp3) is 0. The number of fused-ring (bicyclic) bond motifs is 2. The first-order valence-electron chi connectivity index (χ1n) is 11.6. The largest absolute Gasteiger partial charge is 0.744 e. The number of hydrogen-bond acceptors (Lipinski definition) is 13. The van der Waals surface area contributed by atoms with Gasteiger partial charge in [-0.25, -0.2) is 25.3 Å². The van der Waals surface area contributed by atoms with Gasteiger partial charge in [-0.3, -0.25) is 0 Å². The zero-order valence-electron chi connectivity index (χ0n) is 20.8. The average molecular weight is 627 g/mol. The molecule has 5 aromatic carbocycles. The van der Waals surface area contributed by atoms with Crippen LogP contribution in [0.25, 0.3) is 21.5 Å². The van der Waals surface area contributed by atoms with Gasteiger partial charge >= 0.3 is 0 Å². The SMILES string of the molecule is O=S(=O)([O-])c1cc(O)c2c(N=Nc3ccc(Nc4ccccc4)c4c(S(=O)(=O)[O-])cccc34)cc(S(=O)(=O)[O-])cc2c1. The Hall–Kier alpha value is -4.45. The molecule has 0 bridgehead atoms. The Labute approximate surface area is 239 Å². The molecule has 42 heavy (non-hydrogen) atoms. The van der Waals surface area contributed by atoms with Crippen LogP contribution in [0.3, 0.4) is 0 Å². The van der Waals surface area contributed by atoms with Crippen molar-refractivity contribution in [1.82, 2.24) is 0 Å². The third kappa shape index (κ3) is 5.80. The van der Waals surface area contributed by atoms with Crippen LogP contribution in [-0.4, -0.2) is 44.0 Å². The second-order valence-electron chi connectivity index (χ2n) is 8.85. The molecule has 2 N–H and O–H groups in total. The summed E-state index contributed by atoms with van der Waals surface area (Å²) >= 11 is 0. The molecule has 0 aliphatic rings. The Morgan fingerprint density at radius 3 is 1.86 bits per heavy atom. The van der Waals surface area contributed by atoms with Gasteiger partial charge in [0.2, 0.25) is 0 Å². The number of para-hydroxylation sites is 1. The van der Waals surface area contributed by atoms with Crippen molar-refractivity contribution in [3.05, 3.63) is 84.9 Å². The Bertz CT molecular complexity index is 2250. The highest BCUT2D eigenvalue weighted by atomic mass is 32.2. The lowest BCUT2D eigenvalue weighted by Crippen LogP contribution is -2.02. The van der Waals surface area contributed by atoms with Gasteiger partial charge in [0, 0.05) is 22.1 Å². The number of benzene rings is 5. The summed E-state index contributed by atoms with van der Waals surface area (Å²) in [5.41, 5.74) is 0.458. The van der Waals surface area contributed by atoms with Gasteiger partial charge in [0.05, 0.1) is 31.4 Å². The Morgan fingerprint density at radius 2 is 1.24 bits per heavy atom. The fourth-order valence-electron chi connectivity index (χ4n) is 4.33. The van der Waals surface area contributed by atoms with Crippen molar-refractivity contribution in [3.8, 4) is 5.75 Å². The number of rotatable bonds is 7. The number of aromatic hydroxyl groups is 1. The predicted molar refractivity (Wildman–Crippen MR) is 147 cm³/mol. The summed E-state index contributed by atoms with van der Waals surface area (Å²) in [6.45, 7) is 0. The fourth-order valence-corrected chi connectivity index (χ4v) is 6.10. The van der Waals surface area contributed by atoms with Crippen molar-refractivity contribution < 1.29 is 44.0 Å². The van der Waals surface area contributed by atoms with Gasteiger partial charge < -0.3 is 24.1 Å². The highest BCUT2D eigenvalue weighted by molar-refractivity contribution is 7.86. The van der Waals surface area contributed by atoms with Crippen LogP contribution in [0.2, 0.25) is 0 Å². The van der Waals surface area contributed by atoms with Crippen molar-refractivity contribution in [1.29, 1.82) is 0 Å². The minimum Gasteiger partial charge on any atom is -0.744 e. The first-order chi connectivity index (χ1) is 19.6. The van der Waals surface area contributed by atoms with Crippen LogP contribution in [0, 0.1) is 0 Å². The first-order valence-corrected chi connectivity index (χ1v) is 15.8. The van der Waals surface area contributed by atoms with Gasteiger partial charge in [-0.1, -0.05) is 30.3 Å². The molecule has 0 aromatic heterocycles. The van der Waals surface area contributed by atoms with E-state index < -0.39 is 50.8 Å². The molecule has 0 aliphatic carbocycles. The zero-order valence-corrected chi connectivity index (χ0v) is 23.3. The molecule has 0 radical (unpaired) electrons. The Kier molecular flexibility index (Phi) is 7.22. The Morgan fingerprint density at radius 1 is 0.619 bits per heavy atom. The van der Waals surface area contributed by atoms with E-state index in [2.05, 4.69) is 15.5 Å². The van der Waals surface area contributed by atoms with Gasteiger partial charge in [-0.2, -0.15) is 0 Å². The molecule has 0 aliphatic heterocycles. The molecule has 0 atom stereocenters. The van der Waals surface area contributed by atoms with Gasteiger partial charge in [-0.15, -0.1) is 10.2 Å². The van der Waals surface area contributed by atoms with E-state index in [4.69, 9.17) is 0 Å². The summed E-state index contributed by atoms with van der Waals surface area (Å²) < 4.78 is 106. The summed E-state index contributed by atoms with van der Waals surface area (Å²) in [5, 5.41) is 21.2. The quantitative estimate of drug-likeness (QED) is 0.188. The number of azo groups is 1. The van der Waals surface area contributed by atoms with Crippen molar-refractivity contribution in [2.75, 3.05) is 5.32 Å². The van der Waals surface area contributed by atoms with Crippen LogP contribution in [0.1, 0.15) is 0 Å². The van der Waals surface area contributed by atoms with Crippen molar-refractivity contribution in [2.45, 2.75) is 14.7 Å². The lowest BCUT2D eigenvalue weighted by atomic mass is 10.1. The second kappa shape index (κ2) is 10.4. The minimum atomic E-state index is -5.12. The average Bonchev–Trinajstić information content (AvgIpc) is 2.90. The van der Waals surface area contributed by atoms with Crippen molar-refractivity contribution in [3.63, 3.8) is 0 Å². The molecule has 0 heterocycles. The normalized spacial score (nSPS) is 12.7. The van der Waals surface area contributed by atoms with Crippen LogP contribution in [0.5, 0.6) is 5.75 Å². The molecule has 0 fully saturated rings.